The molecule has 1 aliphatic carbocycles. The third kappa shape index (κ3) is 3.31. The maximum atomic E-state index is 12.5. The van der Waals surface area contributed by atoms with Crippen LogP contribution in [0.2, 0.25) is 0 Å². The Morgan fingerprint density at radius 3 is 2.71 bits per heavy atom. The average molecular weight is 395 g/mol. The highest BCUT2D eigenvalue weighted by Gasteiger charge is 2.39. The molecule has 3 rings (SSSR count). The number of hydrogen-bond acceptors (Lipinski definition) is 3. The van der Waals surface area contributed by atoms with Crippen LogP contribution in [0.5, 0.6) is 0 Å². The number of hydrogen-bond donors (Lipinski definition) is 2. The second kappa shape index (κ2) is 6.93. The van der Waals surface area contributed by atoms with Crippen LogP contribution in [0.4, 0.5) is 5.69 Å². The predicted molar refractivity (Wildman–Crippen MR) is 91.5 cm³/mol. The van der Waals surface area contributed by atoms with Crippen molar-refractivity contribution in [1.82, 2.24) is 5.32 Å². The van der Waals surface area contributed by atoms with Crippen LogP contribution in [0.3, 0.4) is 0 Å². The summed E-state index contributed by atoms with van der Waals surface area (Å²) in [6.45, 7) is 0.317. The van der Waals surface area contributed by atoms with E-state index in [2.05, 4.69) is 21.2 Å². The lowest BCUT2D eigenvalue weighted by Crippen LogP contribution is -2.43. The zero-order valence-electron chi connectivity index (χ0n) is 13.1. The lowest BCUT2D eigenvalue weighted by Gasteiger charge is -2.21. The van der Waals surface area contributed by atoms with Crippen molar-refractivity contribution in [1.29, 1.82) is 0 Å². The highest BCUT2D eigenvalue weighted by atomic mass is 79.9. The largest absolute Gasteiger partial charge is 0.481 e. The van der Waals surface area contributed by atoms with Crippen LogP contribution in [0.25, 0.3) is 0 Å². The lowest BCUT2D eigenvalue weighted by atomic mass is 10.0. The SMILES string of the molecule is O=C(N[C@H]1CCC[C@H]1C(=O)O)C1CC(=O)N(c2ccccc2Br)C1. The summed E-state index contributed by atoms with van der Waals surface area (Å²) in [4.78, 5) is 37.6. The van der Waals surface area contributed by atoms with Gasteiger partial charge in [0.25, 0.3) is 0 Å². The second-order valence-electron chi connectivity index (χ2n) is 6.35. The number of nitrogens with zero attached hydrogens (tertiary/aromatic N) is 1. The van der Waals surface area contributed by atoms with Crippen molar-refractivity contribution in [3.8, 4) is 0 Å². The quantitative estimate of drug-likeness (QED) is 0.818. The van der Waals surface area contributed by atoms with Gasteiger partial charge in [0.15, 0.2) is 0 Å². The number of carbonyl (C=O) groups is 3. The van der Waals surface area contributed by atoms with Crippen molar-refractivity contribution >= 4 is 39.4 Å². The van der Waals surface area contributed by atoms with Crippen molar-refractivity contribution in [2.24, 2.45) is 11.8 Å². The summed E-state index contributed by atoms with van der Waals surface area (Å²) in [6, 6.07) is 7.06. The molecule has 3 atom stereocenters. The van der Waals surface area contributed by atoms with Gasteiger partial charge in [0.1, 0.15) is 0 Å². The number of nitrogens with one attached hydrogen (secondary N) is 1. The van der Waals surface area contributed by atoms with E-state index in [-0.39, 0.29) is 24.3 Å². The first-order valence-corrected chi connectivity index (χ1v) is 8.84. The van der Waals surface area contributed by atoms with Gasteiger partial charge in [0.2, 0.25) is 11.8 Å². The average Bonchev–Trinajstić information content (AvgIpc) is 3.14. The standard InChI is InChI=1S/C17H19BrN2O4/c18-12-5-1-2-7-14(12)20-9-10(8-15(20)21)16(22)19-13-6-3-4-11(13)17(23)24/h1-2,5,7,10-11,13H,3-4,6,8-9H2,(H,19,22)(H,23,24)/t10?,11-,13+/m1/s1. The number of carboxylic acids is 1. The molecule has 0 spiro atoms. The Labute approximate surface area is 148 Å². The van der Waals surface area contributed by atoms with Crippen LogP contribution in [0, 0.1) is 11.8 Å². The first-order chi connectivity index (χ1) is 11.5. The maximum Gasteiger partial charge on any atom is 0.308 e. The minimum atomic E-state index is -0.866. The van der Waals surface area contributed by atoms with Gasteiger partial charge >= 0.3 is 5.97 Å². The Morgan fingerprint density at radius 1 is 1.25 bits per heavy atom. The number of carbonyl (C=O) groups excluding carboxylic acids is 2. The van der Waals surface area contributed by atoms with Gasteiger partial charge in [0, 0.05) is 23.5 Å². The van der Waals surface area contributed by atoms with E-state index in [1.807, 2.05) is 24.3 Å². The summed E-state index contributed by atoms with van der Waals surface area (Å²) in [7, 11) is 0. The molecule has 0 radical (unpaired) electrons. The van der Waals surface area contributed by atoms with Gasteiger partial charge in [-0.25, -0.2) is 0 Å². The Bertz CT molecular complexity index is 678. The zero-order valence-corrected chi connectivity index (χ0v) is 14.7. The molecule has 0 bridgehead atoms. The number of carboxylic acid groups (broad SMARTS) is 1. The molecule has 1 aromatic carbocycles. The number of anilines is 1. The zero-order chi connectivity index (χ0) is 17.3. The Hall–Kier alpha value is -1.89. The van der Waals surface area contributed by atoms with E-state index >= 15 is 0 Å². The fraction of sp³-hybridized carbons (Fsp3) is 0.471. The first-order valence-electron chi connectivity index (χ1n) is 8.05. The summed E-state index contributed by atoms with van der Waals surface area (Å²) >= 11 is 3.43. The van der Waals surface area contributed by atoms with Crippen LogP contribution < -0.4 is 10.2 Å². The Kier molecular flexibility index (Phi) is 4.89. The second-order valence-corrected chi connectivity index (χ2v) is 7.20. The lowest BCUT2D eigenvalue weighted by molar-refractivity contribution is -0.142. The van der Waals surface area contributed by atoms with Crippen LogP contribution in [-0.4, -0.2) is 35.5 Å². The molecule has 2 amide bonds. The summed E-state index contributed by atoms with van der Waals surface area (Å²) < 4.78 is 0.807. The van der Waals surface area contributed by atoms with Crippen LogP contribution >= 0.6 is 15.9 Å². The van der Waals surface area contributed by atoms with Crippen LogP contribution in [0.15, 0.2) is 28.7 Å². The number of aliphatic carboxylic acids is 1. The molecule has 1 saturated carbocycles. The number of amides is 2. The molecule has 128 valence electrons. The van der Waals surface area contributed by atoms with E-state index in [9.17, 15) is 19.5 Å². The monoisotopic (exact) mass is 394 g/mol. The first kappa shape index (κ1) is 17.0. The fourth-order valence-electron chi connectivity index (χ4n) is 3.52. The molecule has 7 heteroatoms. The third-order valence-electron chi connectivity index (χ3n) is 4.80. The molecule has 2 N–H and O–H groups in total. The van der Waals surface area contributed by atoms with E-state index in [0.717, 1.165) is 16.6 Å². The van der Waals surface area contributed by atoms with E-state index in [1.165, 1.54) is 0 Å². The summed E-state index contributed by atoms with van der Waals surface area (Å²) in [5, 5.41) is 12.1. The Balaban J connectivity index is 1.66. The molecule has 6 nitrogen and oxygen atoms in total. The fourth-order valence-corrected chi connectivity index (χ4v) is 4.01. The van der Waals surface area contributed by atoms with Gasteiger partial charge < -0.3 is 15.3 Å². The molecular formula is C17H19BrN2O4. The summed E-state index contributed by atoms with van der Waals surface area (Å²) in [6.07, 6.45) is 2.22. The van der Waals surface area contributed by atoms with Gasteiger partial charge in [-0.05, 0) is 40.9 Å². The minimum absolute atomic E-state index is 0.0942. The normalized spacial score (nSPS) is 26.6. The Morgan fingerprint density at radius 2 is 2.00 bits per heavy atom. The van der Waals surface area contributed by atoms with Crippen molar-refractivity contribution < 1.29 is 19.5 Å². The van der Waals surface area contributed by atoms with Crippen LogP contribution in [-0.2, 0) is 14.4 Å². The van der Waals surface area contributed by atoms with Gasteiger partial charge in [-0.3, -0.25) is 14.4 Å². The van der Waals surface area contributed by atoms with Gasteiger partial charge in [-0.15, -0.1) is 0 Å². The van der Waals surface area contributed by atoms with Crippen molar-refractivity contribution in [2.75, 3.05) is 11.4 Å². The van der Waals surface area contributed by atoms with Crippen LogP contribution in [0.1, 0.15) is 25.7 Å². The maximum absolute atomic E-state index is 12.5. The molecule has 1 unspecified atom stereocenters. The summed E-state index contributed by atoms with van der Waals surface area (Å²) in [5.74, 6) is -2.15. The van der Waals surface area contributed by atoms with Gasteiger partial charge in [0.05, 0.1) is 17.5 Å². The highest BCUT2D eigenvalue weighted by Crippen LogP contribution is 2.32. The molecule has 1 aliphatic heterocycles. The molecule has 1 heterocycles. The van der Waals surface area contributed by atoms with E-state index in [4.69, 9.17) is 0 Å². The van der Waals surface area contributed by atoms with E-state index in [1.54, 1.807) is 4.90 Å². The number of benzene rings is 1. The molecule has 2 aliphatic rings. The van der Waals surface area contributed by atoms with Gasteiger partial charge in [-0.2, -0.15) is 0 Å². The minimum Gasteiger partial charge on any atom is -0.481 e. The number of para-hydroxylation sites is 1. The smallest absolute Gasteiger partial charge is 0.308 e. The predicted octanol–water partition coefficient (Wildman–Crippen LogP) is 2.17. The molecule has 1 aromatic rings. The molecule has 2 fully saturated rings. The number of rotatable bonds is 4. The summed E-state index contributed by atoms with van der Waals surface area (Å²) in [5.41, 5.74) is 0.752. The molecule has 0 aromatic heterocycles. The van der Waals surface area contributed by atoms with E-state index in [0.29, 0.717) is 19.4 Å². The van der Waals surface area contributed by atoms with Crippen molar-refractivity contribution in [2.45, 2.75) is 31.7 Å². The topological polar surface area (TPSA) is 86.7 Å². The number of halogens is 1. The third-order valence-corrected chi connectivity index (χ3v) is 5.47. The highest BCUT2D eigenvalue weighted by molar-refractivity contribution is 9.10. The molecule has 24 heavy (non-hydrogen) atoms. The van der Waals surface area contributed by atoms with Crippen molar-refractivity contribution in [3.63, 3.8) is 0 Å². The van der Waals surface area contributed by atoms with Gasteiger partial charge in [-0.1, -0.05) is 18.6 Å². The van der Waals surface area contributed by atoms with E-state index < -0.39 is 17.8 Å². The molecule has 1 saturated heterocycles. The van der Waals surface area contributed by atoms with Crippen molar-refractivity contribution in [3.05, 3.63) is 28.7 Å². The molecular weight excluding hydrogens is 376 g/mol.